The molecule has 1 nitrogen and oxygen atoms in total. The van der Waals surface area contributed by atoms with Gasteiger partial charge in [-0.25, -0.2) is 0 Å². The molecule has 0 unspecified atom stereocenters. The SMILES string of the molecule is CCCc1ccc(CNC(C)(C)C)cc1. The van der Waals surface area contributed by atoms with E-state index < -0.39 is 0 Å². The Hall–Kier alpha value is -0.820. The standard InChI is InChI=1S/C14H23N/c1-5-6-12-7-9-13(10-8-12)11-15-14(2,3)4/h7-10,15H,5-6,11H2,1-4H3. The van der Waals surface area contributed by atoms with Gasteiger partial charge < -0.3 is 5.32 Å². The van der Waals surface area contributed by atoms with Crippen molar-refractivity contribution in [2.75, 3.05) is 0 Å². The number of hydrogen-bond donors (Lipinski definition) is 1. The summed E-state index contributed by atoms with van der Waals surface area (Å²) in [5.41, 5.74) is 3.00. The van der Waals surface area contributed by atoms with Crippen LogP contribution in [0.2, 0.25) is 0 Å². The molecule has 0 aromatic heterocycles. The number of hydrogen-bond acceptors (Lipinski definition) is 1. The first-order valence-electron chi connectivity index (χ1n) is 5.84. The molecule has 0 fully saturated rings. The molecule has 0 aliphatic rings. The molecular weight excluding hydrogens is 182 g/mol. The summed E-state index contributed by atoms with van der Waals surface area (Å²) >= 11 is 0. The molecule has 1 aromatic carbocycles. The molecule has 1 N–H and O–H groups in total. The van der Waals surface area contributed by atoms with E-state index >= 15 is 0 Å². The van der Waals surface area contributed by atoms with Crippen LogP contribution in [0, 0.1) is 0 Å². The average Bonchev–Trinajstić information content (AvgIpc) is 2.16. The molecule has 0 radical (unpaired) electrons. The van der Waals surface area contributed by atoms with Gasteiger partial charge in [-0.05, 0) is 38.3 Å². The van der Waals surface area contributed by atoms with Crippen molar-refractivity contribution in [3.63, 3.8) is 0 Å². The van der Waals surface area contributed by atoms with E-state index in [1.807, 2.05) is 0 Å². The van der Waals surface area contributed by atoms with Crippen LogP contribution in [0.1, 0.15) is 45.2 Å². The van der Waals surface area contributed by atoms with Gasteiger partial charge in [0.25, 0.3) is 0 Å². The van der Waals surface area contributed by atoms with Crippen molar-refractivity contribution in [2.45, 2.75) is 52.6 Å². The zero-order valence-corrected chi connectivity index (χ0v) is 10.4. The first-order valence-corrected chi connectivity index (χ1v) is 5.84. The average molecular weight is 205 g/mol. The van der Waals surface area contributed by atoms with Gasteiger partial charge in [0.1, 0.15) is 0 Å². The van der Waals surface area contributed by atoms with Crippen LogP contribution >= 0.6 is 0 Å². The molecular formula is C14H23N. The molecule has 0 aliphatic heterocycles. The first kappa shape index (κ1) is 12.3. The molecule has 15 heavy (non-hydrogen) atoms. The second kappa shape index (κ2) is 5.32. The quantitative estimate of drug-likeness (QED) is 0.793. The lowest BCUT2D eigenvalue weighted by molar-refractivity contribution is 0.424. The van der Waals surface area contributed by atoms with E-state index in [2.05, 4.69) is 57.3 Å². The summed E-state index contributed by atoms with van der Waals surface area (Å²) in [5.74, 6) is 0. The molecule has 0 atom stereocenters. The van der Waals surface area contributed by atoms with Gasteiger partial charge in [-0.1, -0.05) is 37.6 Å². The third-order valence-electron chi connectivity index (χ3n) is 2.38. The third-order valence-corrected chi connectivity index (χ3v) is 2.38. The summed E-state index contributed by atoms with van der Waals surface area (Å²) in [6, 6.07) is 8.93. The number of aryl methyl sites for hydroxylation is 1. The van der Waals surface area contributed by atoms with E-state index in [-0.39, 0.29) is 5.54 Å². The van der Waals surface area contributed by atoms with E-state index in [4.69, 9.17) is 0 Å². The van der Waals surface area contributed by atoms with Crippen LogP contribution in [0.4, 0.5) is 0 Å². The fourth-order valence-electron chi connectivity index (χ4n) is 1.48. The molecule has 0 amide bonds. The molecule has 84 valence electrons. The maximum Gasteiger partial charge on any atom is 0.0210 e. The molecule has 0 saturated carbocycles. The van der Waals surface area contributed by atoms with Gasteiger partial charge in [0.05, 0.1) is 0 Å². The normalized spacial score (nSPS) is 11.7. The van der Waals surface area contributed by atoms with Gasteiger partial charge in [-0.3, -0.25) is 0 Å². The fourth-order valence-corrected chi connectivity index (χ4v) is 1.48. The lowest BCUT2D eigenvalue weighted by atomic mass is 10.1. The van der Waals surface area contributed by atoms with Crippen molar-refractivity contribution >= 4 is 0 Å². The fraction of sp³-hybridized carbons (Fsp3) is 0.571. The Morgan fingerprint density at radius 2 is 1.53 bits per heavy atom. The minimum Gasteiger partial charge on any atom is -0.308 e. The second-order valence-electron chi connectivity index (χ2n) is 5.17. The van der Waals surface area contributed by atoms with Crippen LogP contribution in [0.5, 0.6) is 0 Å². The zero-order chi connectivity index (χ0) is 11.3. The highest BCUT2D eigenvalue weighted by Crippen LogP contribution is 2.08. The van der Waals surface area contributed by atoms with Crippen molar-refractivity contribution in [3.05, 3.63) is 35.4 Å². The Morgan fingerprint density at radius 1 is 1.00 bits per heavy atom. The highest BCUT2D eigenvalue weighted by Gasteiger charge is 2.07. The van der Waals surface area contributed by atoms with E-state index in [9.17, 15) is 0 Å². The van der Waals surface area contributed by atoms with Gasteiger partial charge in [-0.2, -0.15) is 0 Å². The second-order valence-corrected chi connectivity index (χ2v) is 5.17. The Labute approximate surface area is 93.9 Å². The van der Waals surface area contributed by atoms with Gasteiger partial charge in [-0.15, -0.1) is 0 Å². The van der Waals surface area contributed by atoms with Crippen molar-refractivity contribution < 1.29 is 0 Å². The lowest BCUT2D eigenvalue weighted by Gasteiger charge is -2.20. The summed E-state index contributed by atoms with van der Waals surface area (Å²) < 4.78 is 0. The maximum atomic E-state index is 3.49. The van der Waals surface area contributed by atoms with E-state index in [1.165, 1.54) is 24.0 Å². The Kier molecular flexibility index (Phi) is 4.34. The van der Waals surface area contributed by atoms with Crippen LogP contribution in [-0.4, -0.2) is 5.54 Å². The van der Waals surface area contributed by atoms with Gasteiger partial charge in [0.15, 0.2) is 0 Å². The van der Waals surface area contributed by atoms with E-state index in [0.29, 0.717) is 0 Å². The summed E-state index contributed by atoms with van der Waals surface area (Å²) in [7, 11) is 0. The first-order chi connectivity index (χ1) is 7.01. The predicted octanol–water partition coefficient (Wildman–Crippen LogP) is 3.53. The summed E-state index contributed by atoms with van der Waals surface area (Å²) in [5, 5.41) is 3.49. The lowest BCUT2D eigenvalue weighted by Crippen LogP contribution is -2.35. The largest absolute Gasteiger partial charge is 0.308 e. The van der Waals surface area contributed by atoms with Gasteiger partial charge in [0, 0.05) is 12.1 Å². The molecule has 1 aromatic rings. The van der Waals surface area contributed by atoms with Crippen LogP contribution in [-0.2, 0) is 13.0 Å². The molecule has 0 saturated heterocycles. The van der Waals surface area contributed by atoms with Crippen LogP contribution < -0.4 is 5.32 Å². The topological polar surface area (TPSA) is 12.0 Å². The monoisotopic (exact) mass is 205 g/mol. The Morgan fingerprint density at radius 3 is 2.00 bits per heavy atom. The van der Waals surface area contributed by atoms with Crippen molar-refractivity contribution in [1.82, 2.24) is 5.32 Å². The van der Waals surface area contributed by atoms with Crippen molar-refractivity contribution in [3.8, 4) is 0 Å². The van der Waals surface area contributed by atoms with Gasteiger partial charge >= 0.3 is 0 Å². The van der Waals surface area contributed by atoms with Crippen molar-refractivity contribution in [1.29, 1.82) is 0 Å². The zero-order valence-electron chi connectivity index (χ0n) is 10.4. The maximum absolute atomic E-state index is 3.49. The van der Waals surface area contributed by atoms with Crippen LogP contribution in [0.25, 0.3) is 0 Å². The highest BCUT2D eigenvalue weighted by atomic mass is 14.9. The summed E-state index contributed by atoms with van der Waals surface area (Å²) in [4.78, 5) is 0. The predicted molar refractivity (Wildman–Crippen MR) is 67.0 cm³/mol. The van der Waals surface area contributed by atoms with Crippen LogP contribution in [0.15, 0.2) is 24.3 Å². The molecule has 1 rings (SSSR count). The third kappa shape index (κ3) is 4.98. The van der Waals surface area contributed by atoms with Crippen LogP contribution in [0.3, 0.4) is 0 Å². The number of rotatable bonds is 4. The minimum absolute atomic E-state index is 0.197. The molecule has 1 heteroatoms. The molecule has 0 spiro atoms. The van der Waals surface area contributed by atoms with E-state index in [0.717, 1.165) is 6.54 Å². The number of benzene rings is 1. The molecule has 0 heterocycles. The summed E-state index contributed by atoms with van der Waals surface area (Å²) in [6.45, 7) is 9.75. The summed E-state index contributed by atoms with van der Waals surface area (Å²) in [6.07, 6.45) is 2.41. The van der Waals surface area contributed by atoms with E-state index in [1.54, 1.807) is 0 Å². The highest BCUT2D eigenvalue weighted by molar-refractivity contribution is 5.22. The van der Waals surface area contributed by atoms with Gasteiger partial charge in [0.2, 0.25) is 0 Å². The Balaban J connectivity index is 2.50. The molecule has 0 aliphatic carbocycles. The number of nitrogens with one attached hydrogen (secondary N) is 1. The molecule has 0 bridgehead atoms. The van der Waals surface area contributed by atoms with Crippen molar-refractivity contribution in [2.24, 2.45) is 0 Å². The Bertz CT molecular complexity index is 279. The minimum atomic E-state index is 0.197. The smallest absolute Gasteiger partial charge is 0.0210 e.